The molecule has 0 aliphatic carbocycles. The smallest absolute Gasteiger partial charge is 0.225 e. The highest BCUT2D eigenvalue weighted by atomic mass is 32.2. The summed E-state index contributed by atoms with van der Waals surface area (Å²) in [5.74, 6) is 1.71. The molecule has 1 aromatic carbocycles. The van der Waals surface area contributed by atoms with E-state index in [1.807, 2.05) is 18.2 Å². The van der Waals surface area contributed by atoms with E-state index in [4.69, 9.17) is 8.92 Å². The molecule has 2 aromatic rings. The van der Waals surface area contributed by atoms with Crippen molar-refractivity contribution in [1.29, 1.82) is 0 Å². The third kappa shape index (κ3) is 4.94. The average Bonchev–Trinajstić information content (AvgIpc) is 2.75. The molecule has 28 heavy (non-hydrogen) atoms. The molecule has 0 radical (unpaired) electrons. The van der Waals surface area contributed by atoms with E-state index in [0.717, 1.165) is 62.2 Å². The van der Waals surface area contributed by atoms with Gasteiger partial charge in [-0.15, -0.1) is 0 Å². The second-order valence-electron chi connectivity index (χ2n) is 7.05. The lowest BCUT2D eigenvalue weighted by molar-refractivity contribution is 0.0731. The van der Waals surface area contributed by atoms with Gasteiger partial charge in [-0.3, -0.25) is 4.90 Å². The third-order valence-corrected chi connectivity index (χ3v) is 5.74. The molecule has 7 nitrogen and oxygen atoms in total. The number of rotatable bonds is 7. The lowest BCUT2D eigenvalue weighted by atomic mass is 10.1. The zero-order valence-electron chi connectivity index (χ0n) is 15.9. The fraction of sp³-hybridized carbons (Fsp3) is 0.500. The van der Waals surface area contributed by atoms with Crippen LogP contribution < -0.4 is 9.64 Å². The Hall–Kier alpha value is -1.87. The van der Waals surface area contributed by atoms with Crippen LogP contribution in [-0.2, 0) is 10.6 Å². The summed E-state index contributed by atoms with van der Waals surface area (Å²) in [6.07, 6.45) is 5.12. The second kappa shape index (κ2) is 9.56. The van der Waals surface area contributed by atoms with Gasteiger partial charge < -0.3 is 18.9 Å². The normalized spacial score (nSPS) is 18.4. The van der Waals surface area contributed by atoms with Crippen molar-refractivity contribution >= 4 is 18.0 Å². The van der Waals surface area contributed by atoms with Gasteiger partial charge in [0.2, 0.25) is 5.95 Å². The summed E-state index contributed by atoms with van der Waals surface area (Å²) in [6.45, 7) is 5.13. The van der Waals surface area contributed by atoms with Crippen LogP contribution in [-0.4, -0.2) is 72.0 Å². The largest absolute Gasteiger partial charge is 0.492 e. The summed E-state index contributed by atoms with van der Waals surface area (Å²) in [4.78, 5) is 14.0. The molecule has 0 amide bonds. The number of aryl methyl sites for hydroxylation is 1. The summed E-state index contributed by atoms with van der Waals surface area (Å²) < 4.78 is 11.5. The number of β-amino-alcohol motifs (C(OH)–C–C–N with tert-alkyl or cyclic N) is 1. The van der Waals surface area contributed by atoms with E-state index in [1.165, 1.54) is 17.6 Å². The molecular weight excluding hydrogens is 376 g/mol. The summed E-state index contributed by atoms with van der Waals surface area (Å²) in [7, 11) is 0. The van der Waals surface area contributed by atoms with Crippen LogP contribution in [0, 0.1) is 0 Å². The number of benzene rings is 1. The predicted molar refractivity (Wildman–Crippen MR) is 109 cm³/mol. The number of para-hydroxylation sites is 1. The first-order valence-corrected chi connectivity index (χ1v) is 10.5. The van der Waals surface area contributed by atoms with E-state index in [-0.39, 0.29) is 6.61 Å². The van der Waals surface area contributed by atoms with Crippen molar-refractivity contribution in [3.8, 4) is 5.75 Å². The van der Waals surface area contributed by atoms with Gasteiger partial charge in [0.25, 0.3) is 0 Å². The number of anilines is 1. The molecule has 0 saturated carbocycles. The Labute approximate surface area is 169 Å². The fourth-order valence-electron chi connectivity index (χ4n) is 3.54. The highest BCUT2D eigenvalue weighted by Crippen LogP contribution is 2.36. The topological polar surface area (TPSA) is 71.0 Å². The van der Waals surface area contributed by atoms with Gasteiger partial charge in [0.15, 0.2) is 0 Å². The molecule has 1 atom stereocenters. The highest BCUT2D eigenvalue weighted by Gasteiger charge is 2.21. The molecule has 3 heterocycles. The predicted octanol–water partition coefficient (Wildman–Crippen LogP) is 2.01. The Morgan fingerprint density at radius 1 is 1.14 bits per heavy atom. The third-order valence-electron chi connectivity index (χ3n) is 4.98. The first-order chi connectivity index (χ1) is 13.8. The highest BCUT2D eigenvalue weighted by molar-refractivity contribution is 7.94. The maximum absolute atomic E-state index is 10.4. The van der Waals surface area contributed by atoms with E-state index in [0.29, 0.717) is 6.54 Å². The summed E-state index contributed by atoms with van der Waals surface area (Å²) in [5.41, 5.74) is 1.24. The molecule has 1 unspecified atom stereocenters. The molecular formula is C20H26N4O3S. The van der Waals surface area contributed by atoms with Crippen LogP contribution in [0.3, 0.4) is 0 Å². The molecule has 1 aromatic heterocycles. The zero-order valence-corrected chi connectivity index (χ0v) is 16.7. The number of ether oxygens (including phenoxy) is 1. The van der Waals surface area contributed by atoms with Crippen LogP contribution in [0.5, 0.6) is 5.75 Å². The lowest BCUT2D eigenvalue weighted by Crippen LogP contribution is -2.49. The fourth-order valence-corrected chi connectivity index (χ4v) is 4.29. The van der Waals surface area contributed by atoms with E-state index >= 15 is 0 Å². The molecule has 1 N–H and O–H groups in total. The van der Waals surface area contributed by atoms with Gasteiger partial charge in [0.1, 0.15) is 5.75 Å². The molecule has 2 aliphatic rings. The number of aromatic nitrogens is 2. The second-order valence-corrected chi connectivity index (χ2v) is 7.90. The monoisotopic (exact) mass is 402 g/mol. The Morgan fingerprint density at radius 2 is 1.96 bits per heavy atom. The first kappa shape index (κ1) is 19.4. The number of nitrogens with zero attached hydrogens (tertiary/aromatic N) is 4. The van der Waals surface area contributed by atoms with Crippen LogP contribution in [0.15, 0.2) is 41.6 Å². The van der Waals surface area contributed by atoms with Crippen molar-refractivity contribution < 1.29 is 14.0 Å². The van der Waals surface area contributed by atoms with Crippen LogP contribution in [0.25, 0.3) is 0 Å². The van der Waals surface area contributed by atoms with E-state index in [9.17, 15) is 5.11 Å². The van der Waals surface area contributed by atoms with Gasteiger partial charge in [-0.25, -0.2) is 9.97 Å². The minimum atomic E-state index is -0.521. The standard InChI is InChI=1S/C20H26N4O3S/c25-17(14-23-9-11-24(12-10-23)20-21-7-3-8-22-20)15-27-28-18-6-1-4-16-5-2-13-26-19(16)18/h1,3-4,6-8,17,25H,2,5,9-15H2. The lowest BCUT2D eigenvalue weighted by Gasteiger charge is -2.35. The zero-order chi connectivity index (χ0) is 19.2. The summed E-state index contributed by atoms with van der Waals surface area (Å²) in [5, 5.41) is 10.4. The van der Waals surface area contributed by atoms with E-state index in [1.54, 1.807) is 12.4 Å². The summed E-state index contributed by atoms with van der Waals surface area (Å²) >= 11 is 1.29. The maximum Gasteiger partial charge on any atom is 0.225 e. The van der Waals surface area contributed by atoms with Gasteiger partial charge in [-0.1, -0.05) is 12.1 Å². The van der Waals surface area contributed by atoms with Crippen molar-refractivity contribution in [2.75, 3.05) is 50.8 Å². The number of aliphatic hydroxyl groups excluding tert-OH is 1. The quantitative estimate of drug-likeness (QED) is 0.706. The minimum absolute atomic E-state index is 0.288. The van der Waals surface area contributed by atoms with Gasteiger partial charge in [-0.05, 0) is 30.5 Å². The van der Waals surface area contributed by atoms with E-state index < -0.39 is 6.10 Å². The number of piperazine rings is 1. The number of hydrogen-bond donors (Lipinski definition) is 1. The Balaban J connectivity index is 1.19. The van der Waals surface area contributed by atoms with Crippen molar-refractivity contribution in [1.82, 2.24) is 14.9 Å². The van der Waals surface area contributed by atoms with Crippen LogP contribution in [0.4, 0.5) is 5.95 Å². The SMILES string of the molecule is OC(COSc1cccc2c1OCCC2)CN1CCN(c2ncccn2)CC1. The van der Waals surface area contributed by atoms with Crippen molar-refractivity contribution in [3.05, 3.63) is 42.2 Å². The minimum Gasteiger partial charge on any atom is -0.492 e. The average molecular weight is 403 g/mol. The van der Waals surface area contributed by atoms with Gasteiger partial charge in [0, 0.05) is 57.2 Å². The first-order valence-electron chi connectivity index (χ1n) is 9.76. The van der Waals surface area contributed by atoms with Crippen LogP contribution in [0.1, 0.15) is 12.0 Å². The van der Waals surface area contributed by atoms with Crippen LogP contribution in [0.2, 0.25) is 0 Å². The van der Waals surface area contributed by atoms with E-state index in [2.05, 4.69) is 25.8 Å². The molecule has 1 saturated heterocycles. The molecule has 1 fully saturated rings. The van der Waals surface area contributed by atoms with Crippen LogP contribution >= 0.6 is 12.0 Å². The van der Waals surface area contributed by atoms with Crippen molar-refractivity contribution in [2.45, 2.75) is 23.8 Å². The number of hydrogen-bond acceptors (Lipinski definition) is 8. The maximum atomic E-state index is 10.4. The van der Waals surface area contributed by atoms with Gasteiger partial charge in [-0.2, -0.15) is 0 Å². The molecule has 0 bridgehead atoms. The molecule has 2 aliphatic heterocycles. The molecule has 4 rings (SSSR count). The number of fused-ring (bicyclic) bond motifs is 1. The number of aliphatic hydroxyl groups is 1. The molecule has 0 spiro atoms. The van der Waals surface area contributed by atoms with Crippen molar-refractivity contribution in [3.63, 3.8) is 0 Å². The Morgan fingerprint density at radius 3 is 2.79 bits per heavy atom. The van der Waals surface area contributed by atoms with Gasteiger partial charge >= 0.3 is 0 Å². The van der Waals surface area contributed by atoms with Crippen molar-refractivity contribution in [2.24, 2.45) is 0 Å². The molecule has 150 valence electrons. The summed E-state index contributed by atoms with van der Waals surface area (Å²) in [6, 6.07) is 7.97. The van der Waals surface area contributed by atoms with Gasteiger partial charge in [0.05, 0.1) is 24.2 Å². The Kier molecular flexibility index (Phi) is 6.64. The Bertz CT molecular complexity index is 756. The molecule has 8 heteroatoms.